The summed E-state index contributed by atoms with van der Waals surface area (Å²) in [5, 5.41) is 16.7. The van der Waals surface area contributed by atoms with Gasteiger partial charge in [0.15, 0.2) is 5.96 Å². The van der Waals surface area contributed by atoms with Crippen molar-refractivity contribution in [3.8, 4) is 0 Å². The second-order valence-corrected chi connectivity index (χ2v) is 6.95. The molecule has 1 heterocycles. The molecule has 1 fully saturated rings. The Morgan fingerprint density at radius 3 is 2.77 bits per heavy atom. The average molecular weight is 365 g/mol. The number of nitrogens with zero attached hydrogens (tertiary/aromatic N) is 2. The molecule has 1 aromatic carbocycles. The van der Waals surface area contributed by atoms with Crippen molar-refractivity contribution >= 4 is 5.96 Å². The highest BCUT2D eigenvalue weighted by Crippen LogP contribution is 2.16. The number of aliphatic hydroxyl groups excluding tert-OH is 1. The van der Waals surface area contributed by atoms with Crippen molar-refractivity contribution in [1.29, 1.82) is 0 Å². The van der Waals surface area contributed by atoms with E-state index in [2.05, 4.69) is 27.4 Å². The maximum Gasteiger partial charge on any atom is 0.191 e. The van der Waals surface area contributed by atoms with Gasteiger partial charge in [-0.3, -0.25) is 4.99 Å². The van der Waals surface area contributed by atoms with Crippen molar-refractivity contribution in [2.45, 2.75) is 51.7 Å². The van der Waals surface area contributed by atoms with Crippen LogP contribution in [0.4, 0.5) is 4.39 Å². The number of aliphatic hydroxyl groups is 1. The van der Waals surface area contributed by atoms with Gasteiger partial charge in [-0.2, -0.15) is 0 Å². The monoisotopic (exact) mass is 364 g/mol. The zero-order chi connectivity index (χ0) is 18.8. The van der Waals surface area contributed by atoms with Crippen molar-refractivity contribution < 1.29 is 9.50 Å². The molecule has 6 heteroatoms. The van der Waals surface area contributed by atoms with Crippen LogP contribution in [0.2, 0.25) is 0 Å². The molecule has 5 nitrogen and oxygen atoms in total. The van der Waals surface area contributed by atoms with E-state index in [9.17, 15) is 9.50 Å². The lowest BCUT2D eigenvalue weighted by Crippen LogP contribution is -2.41. The van der Waals surface area contributed by atoms with Crippen LogP contribution < -0.4 is 10.6 Å². The standard InChI is InChI=1S/C20H33FN4O/c1-3-22-20(23-12-6-14-25-13-5-4-7-16(25)2)24-15-19(26)17-8-10-18(21)11-9-17/h8-11,16,19,26H,3-7,12-15H2,1-2H3,(H2,22,23,24). The zero-order valence-corrected chi connectivity index (χ0v) is 16.0. The van der Waals surface area contributed by atoms with Gasteiger partial charge < -0.3 is 20.6 Å². The molecule has 2 atom stereocenters. The Balaban J connectivity index is 1.75. The Kier molecular flexibility index (Phi) is 8.85. The van der Waals surface area contributed by atoms with Gasteiger partial charge in [0.2, 0.25) is 0 Å². The fourth-order valence-electron chi connectivity index (χ4n) is 3.29. The van der Waals surface area contributed by atoms with Crippen molar-refractivity contribution in [2.24, 2.45) is 4.99 Å². The molecule has 1 aliphatic heterocycles. The van der Waals surface area contributed by atoms with Crippen LogP contribution in [0.25, 0.3) is 0 Å². The van der Waals surface area contributed by atoms with E-state index in [-0.39, 0.29) is 12.4 Å². The molecule has 1 aliphatic rings. The highest BCUT2D eigenvalue weighted by Gasteiger charge is 2.17. The van der Waals surface area contributed by atoms with Gasteiger partial charge >= 0.3 is 0 Å². The lowest BCUT2D eigenvalue weighted by molar-refractivity contribution is 0.159. The maximum atomic E-state index is 13.0. The van der Waals surface area contributed by atoms with E-state index >= 15 is 0 Å². The largest absolute Gasteiger partial charge is 0.386 e. The van der Waals surface area contributed by atoms with Gasteiger partial charge in [-0.05, 0) is 57.4 Å². The van der Waals surface area contributed by atoms with Gasteiger partial charge in [0.25, 0.3) is 0 Å². The highest BCUT2D eigenvalue weighted by molar-refractivity contribution is 5.79. The number of hydrogen-bond acceptors (Lipinski definition) is 3. The third kappa shape index (κ3) is 6.92. The van der Waals surface area contributed by atoms with Gasteiger partial charge in [-0.25, -0.2) is 4.39 Å². The zero-order valence-electron chi connectivity index (χ0n) is 16.0. The minimum Gasteiger partial charge on any atom is -0.386 e. The van der Waals surface area contributed by atoms with Crippen LogP contribution in [0.5, 0.6) is 0 Å². The third-order valence-corrected chi connectivity index (χ3v) is 4.88. The first-order valence-electron chi connectivity index (χ1n) is 9.80. The molecule has 0 radical (unpaired) electrons. The van der Waals surface area contributed by atoms with Crippen LogP contribution >= 0.6 is 0 Å². The van der Waals surface area contributed by atoms with E-state index in [1.54, 1.807) is 12.1 Å². The van der Waals surface area contributed by atoms with Crippen molar-refractivity contribution in [2.75, 3.05) is 32.7 Å². The predicted molar refractivity (Wildman–Crippen MR) is 105 cm³/mol. The van der Waals surface area contributed by atoms with Crippen molar-refractivity contribution in [3.63, 3.8) is 0 Å². The molecule has 0 aromatic heterocycles. The smallest absolute Gasteiger partial charge is 0.191 e. The van der Waals surface area contributed by atoms with Crippen LogP contribution in [0.1, 0.15) is 51.2 Å². The maximum absolute atomic E-state index is 13.0. The molecule has 0 spiro atoms. The molecule has 0 saturated carbocycles. The fraction of sp³-hybridized carbons (Fsp3) is 0.650. The van der Waals surface area contributed by atoms with Gasteiger partial charge in [0, 0.05) is 25.7 Å². The van der Waals surface area contributed by atoms with Crippen molar-refractivity contribution in [1.82, 2.24) is 15.5 Å². The first-order valence-corrected chi connectivity index (χ1v) is 9.80. The number of aliphatic imine (C=N–C) groups is 1. The molecule has 146 valence electrons. The van der Waals surface area contributed by atoms with Crippen LogP contribution in [-0.2, 0) is 0 Å². The first-order chi connectivity index (χ1) is 12.6. The molecule has 1 saturated heterocycles. The van der Waals surface area contributed by atoms with Gasteiger partial charge in [0.05, 0.1) is 12.6 Å². The summed E-state index contributed by atoms with van der Waals surface area (Å²) < 4.78 is 13.0. The first kappa shape index (κ1) is 20.6. The van der Waals surface area contributed by atoms with Crippen LogP contribution in [-0.4, -0.2) is 54.7 Å². The number of likely N-dealkylation sites (tertiary alicyclic amines) is 1. The number of guanidine groups is 1. The van der Waals surface area contributed by atoms with E-state index in [1.807, 2.05) is 6.92 Å². The molecular weight excluding hydrogens is 331 g/mol. The second-order valence-electron chi connectivity index (χ2n) is 6.95. The SMILES string of the molecule is CCNC(=NCC(O)c1ccc(F)cc1)NCCCN1CCCCC1C. The van der Waals surface area contributed by atoms with Crippen LogP contribution in [0, 0.1) is 5.82 Å². The number of rotatable bonds is 8. The molecule has 2 unspecified atom stereocenters. The van der Waals surface area contributed by atoms with Gasteiger partial charge in [-0.15, -0.1) is 0 Å². The van der Waals surface area contributed by atoms with Gasteiger partial charge in [0.1, 0.15) is 5.82 Å². The molecule has 3 N–H and O–H groups in total. The topological polar surface area (TPSA) is 59.9 Å². The molecule has 1 aromatic rings. The number of piperidine rings is 1. The summed E-state index contributed by atoms with van der Waals surface area (Å²) in [5.41, 5.74) is 0.671. The van der Waals surface area contributed by atoms with Crippen molar-refractivity contribution in [3.05, 3.63) is 35.6 Å². The van der Waals surface area contributed by atoms with Gasteiger partial charge in [-0.1, -0.05) is 18.6 Å². The summed E-state index contributed by atoms with van der Waals surface area (Å²) in [5.74, 6) is 0.405. The quantitative estimate of drug-likeness (QED) is 0.377. The predicted octanol–water partition coefficient (Wildman–Crippen LogP) is 2.68. The fourth-order valence-corrected chi connectivity index (χ4v) is 3.29. The summed E-state index contributed by atoms with van der Waals surface area (Å²) in [6.07, 6.45) is 4.29. The van der Waals surface area contributed by atoms with E-state index in [4.69, 9.17) is 0 Å². The van der Waals surface area contributed by atoms with E-state index in [1.165, 1.54) is 37.9 Å². The number of hydrogen-bond donors (Lipinski definition) is 3. The van der Waals surface area contributed by atoms with E-state index in [0.717, 1.165) is 26.1 Å². The Hall–Kier alpha value is -1.66. The van der Waals surface area contributed by atoms with Crippen LogP contribution in [0.15, 0.2) is 29.3 Å². The van der Waals surface area contributed by atoms with E-state index < -0.39 is 6.10 Å². The third-order valence-electron chi connectivity index (χ3n) is 4.88. The summed E-state index contributed by atoms with van der Waals surface area (Å²) in [6.45, 7) is 8.50. The average Bonchev–Trinajstić information content (AvgIpc) is 2.64. The molecule has 0 bridgehead atoms. The molecule has 26 heavy (non-hydrogen) atoms. The normalized spacial score (nSPS) is 20.0. The molecule has 0 amide bonds. The van der Waals surface area contributed by atoms with Crippen LogP contribution in [0.3, 0.4) is 0 Å². The lowest BCUT2D eigenvalue weighted by Gasteiger charge is -2.33. The molecular formula is C20H33FN4O. The highest BCUT2D eigenvalue weighted by atomic mass is 19.1. The Bertz CT molecular complexity index is 549. The Morgan fingerprint density at radius 1 is 1.31 bits per heavy atom. The number of benzene rings is 1. The summed E-state index contributed by atoms with van der Waals surface area (Å²) in [6, 6.07) is 6.59. The number of nitrogens with one attached hydrogen (secondary N) is 2. The summed E-state index contributed by atoms with van der Waals surface area (Å²) in [4.78, 5) is 7.01. The summed E-state index contributed by atoms with van der Waals surface area (Å²) in [7, 11) is 0. The minimum absolute atomic E-state index is 0.240. The minimum atomic E-state index is -0.736. The Labute approximate surface area is 156 Å². The lowest BCUT2D eigenvalue weighted by atomic mass is 10.0. The van der Waals surface area contributed by atoms with E-state index in [0.29, 0.717) is 17.6 Å². The Morgan fingerprint density at radius 2 is 2.08 bits per heavy atom. The summed E-state index contributed by atoms with van der Waals surface area (Å²) >= 11 is 0. The number of halogens is 1. The molecule has 2 rings (SSSR count). The second kappa shape index (κ2) is 11.1. The molecule has 0 aliphatic carbocycles.